The lowest BCUT2D eigenvalue weighted by Crippen LogP contribution is -2.13. The number of anilines is 1. The molecule has 0 saturated heterocycles. The number of hydrogen-bond donors (Lipinski definition) is 1. The van der Waals surface area contributed by atoms with E-state index in [0.29, 0.717) is 41.9 Å². The van der Waals surface area contributed by atoms with E-state index in [9.17, 15) is 4.79 Å². The van der Waals surface area contributed by atoms with Gasteiger partial charge in [-0.25, -0.2) is 0 Å². The molecule has 0 bridgehead atoms. The molecule has 1 heterocycles. The van der Waals surface area contributed by atoms with Crippen LogP contribution in [0.15, 0.2) is 37.7 Å². The minimum atomic E-state index is -0.276. The zero-order chi connectivity index (χ0) is 16.6. The van der Waals surface area contributed by atoms with Gasteiger partial charge in [0, 0.05) is 13.4 Å². The molecule has 0 atom stereocenters. The fourth-order valence-electron chi connectivity index (χ4n) is 2.06. The molecule has 0 radical (unpaired) electrons. The predicted octanol–water partition coefficient (Wildman–Crippen LogP) is 4.96. The quantitative estimate of drug-likeness (QED) is 0.638. The number of rotatable bonds is 3. The van der Waals surface area contributed by atoms with E-state index in [1.165, 1.54) is 0 Å². The first-order valence-electron chi connectivity index (χ1n) is 6.43. The van der Waals surface area contributed by atoms with Gasteiger partial charge in [-0.05, 0) is 72.1 Å². The normalized spacial score (nSPS) is 12.2. The molecule has 8 heteroatoms. The Kier molecular flexibility index (Phi) is 4.84. The third kappa shape index (κ3) is 3.34. The topological polar surface area (TPSA) is 56.8 Å². The summed E-state index contributed by atoms with van der Waals surface area (Å²) in [5.41, 5.74) is 1.06. The fourth-order valence-corrected chi connectivity index (χ4v) is 3.90. The lowest BCUT2D eigenvalue weighted by Gasteiger charge is -2.12. The second-order valence-corrected chi connectivity index (χ2v) is 7.17. The van der Waals surface area contributed by atoms with Gasteiger partial charge in [0.05, 0.1) is 18.4 Å². The molecule has 1 aliphatic rings. The van der Waals surface area contributed by atoms with Crippen molar-refractivity contribution >= 4 is 59.4 Å². The van der Waals surface area contributed by atoms with Gasteiger partial charge in [0.15, 0.2) is 11.5 Å². The second kappa shape index (κ2) is 6.70. The largest absolute Gasteiger partial charge is 0.497 e. The highest BCUT2D eigenvalue weighted by atomic mass is 79.9. The zero-order valence-corrected chi connectivity index (χ0v) is 16.5. The summed E-state index contributed by atoms with van der Waals surface area (Å²) in [6, 6.07) is 6.91. The molecule has 2 aromatic carbocycles. The molecule has 0 spiro atoms. The number of fused-ring (bicyclic) bond motifs is 1. The van der Waals surface area contributed by atoms with Gasteiger partial charge in [0.25, 0.3) is 5.91 Å². The molecule has 0 aliphatic carbocycles. The molecule has 2 aromatic rings. The van der Waals surface area contributed by atoms with Crippen molar-refractivity contribution in [1.29, 1.82) is 0 Å². The number of nitrogens with one attached hydrogen (secondary N) is 1. The molecule has 1 aliphatic heterocycles. The van der Waals surface area contributed by atoms with Crippen molar-refractivity contribution in [2.75, 3.05) is 19.2 Å². The number of benzene rings is 2. The molecular formula is C15H10Br3NO4. The molecule has 120 valence electrons. The summed E-state index contributed by atoms with van der Waals surface area (Å²) in [4.78, 5) is 12.6. The van der Waals surface area contributed by atoms with Crippen molar-refractivity contribution in [3.05, 3.63) is 43.2 Å². The number of halogens is 3. The van der Waals surface area contributed by atoms with Gasteiger partial charge in [0.2, 0.25) is 6.79 Å². The average molecular weight is 508 g/mol. The van der Waals surface area contributed by atoms with Crippen molar-refractivity contribution < 1.29 is 19.0 Å². The van der Waals surface area contributed by atoms with Crippen molar-refractivity contribution in [1.82, 2.24) is 0 Å². The summed E-state index contributed by atoms with van der Waals surface area (Å²) in [5.74, 6) is 1.55. The maximum absolute atomic E-state index is 12.6. The Morgan fingerprint density at radius 3 is 2.26 bits per heavy atom. The van der Waals surface area contributed by atoms with Crippen LogP contribution >= 0.6 is 47.8 Å². The third-order valence-corrected chi connectivity index (χ3v) is 5.10. The summed E-state index contributed by atoms with van der Waals surface area (Å²) in [6.07, 6.45) is 0. The van der Waals surface area contributed by atoms with E-state index in [-0.39, 0.29) is 12.7 Å². The molecule has 0 fully saturated rings. The van der Waals surface area contributed by atoms with Crippen LogP contribution in [0.5, 0.6) is 17.2 Å². The van der Waals surface area contributed by atoms with Crippen LogP contribution in [0.25, 0.3) is 0 Å². The number of hydrogen-bond acceptors (Lipinski definition) is 4. The Labute approximate surface area is 157 Å². The van der Waals surface area contributed by atoms with E-state index in [4.69, 9.17) is 14.2 Å². The molecule has 1 amide bonds. The van der Waals surface area contributed by atoms with Crippen molar-refractivity contribution in [3.8, 4) is 17.2 Å². The van der Waals surface area contributed by atoms with Crippen molar-refractivity contribution in [2.45, 2.75) is 0 Å². The van der Waals surface area contributed by atoms with E-state index in [1.807, 2.05) is 0 Å². The highest BCUT2D eigenvalue weighted by Gasteiger charge is 2.21. The highest BCUT2D eigenvalue weighted by Crippen LogP contribution is 2.39. The maximum Gasteiger partial charge on any atom is 0.257 e. The van der Waals surface area contributed by atoms with Crippen LogP contribution in [0.2, 0.25) is 0 Å². The standard InChI is InChI=1S/C15H10Br3NO4/c1-21-7-2-10(17)14(11(18)3-7)19-15(20)8-4-12-13(5-9(8)16)23-6-22-12/h2-5H,6H2,1H3,(H,19,20). The van der Waals surface area contributed by atoms with Crippen LogP contribution in [0.3, 0.4) is 0 Å². The second-order valence-electron chi connectivity index (χ2n) is 4.61. The van der Waals surface area contributed by atoms with E-state index in [1.54, 1.807) is 31.4 Å². The van der Waals surface area contributed by atoms with E-state index >= 15 is 0 Å². The summed E-state index contributed by atoms with van der Waals surface area (Å²) < 4.78 is 17.8. The third-order valence-electron chi connectivity index (χ3n) is 3.20. The Morgan fingerprint density at radius 1 is 1.04 bits per heavy atom. The van der Waals surface area contributed by atoms with E-state index < -0.39 is 0 Å². The zero-order valence-electron chi connectivity index (χ0n) is 11.8. The summed E-state index contributed by atoms with van der Waals surface area (Å²) in [7, 11) is 1.58. The number of ether oxygens (including phenoxy) is 3. The van der Waals surface area contributed by atoms with Crippen LogP contribution in [0, 0.1) is 0 Å². The average Bonchev–Trinajstić information content (AvgIpc) is 2.96. The first kappa shape index (κ1) is 16.6. The van der Waals surface area contributed by atoms with Gasteiger partial charge in [-0.3, -0.25) is 4.79 Å². The molecule has 0 saturated carbocycles. The Balaban J connectivity index is 1.91. The van der Waals surface area contributed by atoms with Gasteiger partial charge in [-0.2, -0.15) is 0 Å². The lowest BCUT2D eigenvalue weighted by molar-refractivity contribution is 0.102. The van der Waals surface area contributed by atoms with Crippen LogP contribution in [-0.2, 0) is 0 Å². The fraction of sp³-hybridized carbons (Fsp3) is 0.133. The maximum atomic E-state index is 12.6. The van der Waals surface area contributed by atoms with Crippen LogP contribution in [0.1, 0.15) is 10.4 Å². The van der Waals surface area contributed by atoms with Gasteiger partial charge >= 0.3 is 0 Å². The van der Waals surface area contributed by atoms with E-state index in [0.717, 1.165) is 0 Å². The van der Waals surface area contributed by atoms with Crippen molar-refractivity contribution in [3.63, 3.8) is 0 Å². The molecule has 23 heavy (non-hydrogen) atoms. The monoisotopic (exact) mass is 505 g/mol. The Morgan fingerprint density at radius 2 is 1.65 bits per heavy atom. The van der Waals surface area contributed by atoms with Crippen LogP contribution < -0.4 is 19.5 Å². The number of carbonyl (C=O) groups is 1. The molecular weight excluding hydrogens is 498 g/mol. The molecule has 0 aromatic heterocycles. The smallest absolute Gasteiger partial charge is 0.257 e. The lowest BCUT2D eigenvalue weighted by atomic mass is 10.2. The Hall–Kier alpha value is -1.25. The minimum Gasteiger partial charge on any atom is -0.497 e. The summed E-state index contributed by atoms with van der Waals surface area (Å²) >= 11 is 10.2. The first-order chi connectivity index (χ1) is 11.0. The van der Waals surface area contributed by atoms with E-state index in [2.05, 4.69) is 53.1 Å². The van der Waals surface area contributed by atoms with Gasteiger partial charge in [-0.15, -0.1) is 0 Å². The van der Waals surface area contributed by atoms with Crippen LogP contribution in [-0.4, -0.2) is 19.8 Å². The number of carbonyl (C=O) groups excluding carboxylic acids is 1. The molecule has 1 N–H and O–H groups in total. The van der Waals surface area contributed by atoms with Gasteiger partial charge in [-0.1, -0.05) is 0 Å². The summed E-state index contributed by atoms with van der Waals surface area (Å²) in [6.45, 7) is 0.155. The Bertz CT molecular complexity index is 772. The number of amides is 1. The molecule has 5 nitrogen and oxygen atoms in total. The predicted molar refractivity (Wildman–Crippen MR) is 96.6 cm³/mol. The summed E-state index contributed by atoms with van der Waals surface area (Å²) in [5, 5.41) is 2.86. The molecule has 3 rings (SSSR count). The minimum absolute atomic E-state index is 0.155. The first-order valence-corrected chi connectivity index (χ1v) is 8.81. The van der Waals surface area contributed by atoms with Gasteiger partial charge < -0.3 is 19.5 Å². The number of methoxy groups -OCH3 is 1. The van der Waals surface area contributed by atoms with Gasteiger partial charge in [0.1, 0.15) is 5.75 Å². The highest BCUT2D eigenvalue weighted by molar-refractivity contribution is 9.11. The van der Waals surface area contributed by atoms with Crippen molar-refractivity contribution in [2.24, 2.45) is 0 Å². The molecule has 0 unspecified atom stereocenters. The van der Waals surface area contributed by atoms with Crippen LogP contribution in [0.4, 0.5) is 5.69 Å². The SMILES string of the molecule is COc1cc(Br)c(NC(=O)c2cc3c(cc2Br)OCO3)c(Br)c1.